The molecule has 4 aromatic heterocycles. The third-order valence-corrected chi connectivity index (χ3v) is 9.15. The van der Waals surface area contributed by atoms with E-state index in [1.165, 1.54) is 43.6 Å². The minimum absolute atomic E-state index is 0. The number of fused-ring (bicyclic) bond motifs is 6. The molecule has 51 heavy (non-hydrogen) atoms. The molecule has 0 aliphatic rings. The maximum Gasteiger partial charge on any atom is 2.00 e. The number of para-hydroxylation sites is 4. The van der Waals surface area contributed by atoms with Crippen molar-refractivity contribution < 1.29 is 21.1 Å². The Morgan fingerprint density at radius 2 is 0.686 bits per heavy atom. The van der Waals surface area contributed by atoms with Crippen LogP contribution in [-0.2, 0) is 21.1 Å². The van der Waals surface area contributed by atoms with Gasteiger partial charge in [-0.15, -0.1) is 59.7 Å². The van der Waals surface area contributed by atoms with Crippen molar-refractivity contribution in [2.75, 3.05) is 0 Å². The molecule has 10 aromatic rings. The van der Waals surface area contributed by atoms with Gasteiger partial charge < -0.3 is 19.1 Å². The Bertz CT molecular complexity index is 2470. The summed E-state index contributed by atoms with van der Waals surface area (Å²) >= 11 is 0. The van der Waals surface area contributed by atoms with Gasteiger partial charge in [-0.05, 0) is 59.2 Å². The predicted octanol–water partition coefficient (Wildman–Crippen LogP) is 11.3. The van der Waals surface area contributed by atoms with Crippen molar-refractivity contribution in [3.05, 3.63) is 194 Å². The Labute approximate surface area is 310 Å². The van der Waals surface area contributed by atoms with Crippen LogP contribution in [0.2, 0.25) is 0 Å². The first-order valence-electron chi connectivity index (χ1n) is 16.7. The fourth-order valence-electron chi connectivity index (χ4n) is 7.02. The Morgan fingerprint density at radius 3 is 1.02 bits per heavy atom. The van der Waals surface area contributed by atoms with Crippen molar-refractivity contribution in [1.29, 1.82) is 0 Å². The van der Waals surface area contributed by atoms with Crippen molar-refractivity contribution in [1.82, 2.24) is 19.1 Å². The average molecular weight is 834 g/mol. The number of rotatable bonds is 4. The van der Waals surface area contributed by atoms with Crippen LogP contribution in [0.4, 0.5) is 0 Å². The standard InChI is InChI=1S/2C23H15N2.Pt/c2*1-4-13-21-17(9-1)18-10-2-5-14-22(18)25(21)23-15-6-3-11-19(23)20-12-7-8-16-24-20;/h2*1-10,12-16H;/q2*-1;+2. The number of nitrogens with zero attached hydrogens (tertiary/aromatic N) is 4. The molecule has 0 unspecified atom stereocenters. The molecular formula is C46H30N4Pt. The molecule has 0 saturated heterocycles. The summed E-state index contributed by atoms with van der Waals surface area (Å²) in [4.78, 5) is 9.07. The van der Waals surface area contributed by atoms with Crippen LogP contribution in [0.15, 0.2) is 182 Å². The maximum atomic E-state index is 4.54. The Hall–Kier alpha value is -6.09. The summed E-state index contributed by atoms with van der Waals surface area (Å²) < 4.78 is 4.62. The molecule has 6 aromatic carbocycles. The molecule has 0 N–H and O–H groups in total. The quantitative estimate of drug-likeness (QED) is 0.166. The SMILES string of the molecule is [Pt+2].[c-]1cccc(-n2c3ccccc3c3ccccc32)c1-c1ccccn1.[c-]1cccc(-n2c3ccccc3c3ccccc32)c1-c1ccccn1. The van der Waals surface area contributed by atoms with Crippen LogP contribution in [-0.4, -0.2) is 19.1 Å². The van der Waals surface area contributed by atoms with Gasteiger partial charge in [-0.3, -0.25) is 0 Å². The zero-order valence-corrected chi connectivity index (χ0v) is 29.7. The monoisotopic (exact) mass is 833 g/mol. The van der Waals surface area contributed by atoms with Crippen molar-refractivity contribution in [2.24, 2.45) is 0 Å². The molecule has 0 amide bonds. The number of benzene rings is 6. The third-order valence-electron chi connectivity index (χ3n) is 9.15. The van der Waals surface area contributed by atoms with E-state index < -0.39 is 0 Å². The number of hydrogen-bond donors (Lipinski definition) is 0. The van der Waals surface area contributed by atoms with Crippen LogP contribution in [0.1, 0.15) is 0 Å². The van der Waals surface area contributed by atoms with Crippen molar-refractivity contribution in [3.8, 4) is 33.9 Å². The predicted molar refractivity (Wildman–Crippen MR) is 206 cm³/mol. The Balaban J connectivity index is 0.000000144. The van der Waals surface area contributed by atoms with Crippen LogP contribution < -0.4 is 0 Å². The molecule has 0 spiro atoms. The molecule has 0 atom stereocenters. The molecule has 10 rings (SSSR count). The van der Waals surface area contributed by atoms with Gasteiger partial charge in [0, 0.05) is 56.0 Å². The van der Waals surface area contributed by atoms with Crippen LogP contribution in [0, 0.1) is 12.1 Å². The van der Waals surface area contributed by atoms with Crippen LogP contribution in [0.25, 0.3) is 77.5 Å². The summed E-state index contributed by atoms with van der Waals surface area (Å²) in [5, 5.41) is 5.03. The second kappa shape index (κ2) is 14.0. The van der Waals surface area contributed by atoms with E-state index >= 15 is 0 Å². The molecule has 0 radical (unpaired) electrons. The Morgan fingerprint density at radius 1 is 0.353 bits per heavy atom. The van der Waals surface area contributed by atoms with Gasteiger partial charge >= 0.3 is 21.1 Å². The van der Waals surface area contributed by atoms with Crippen LogP contribution >= 0.6 is 0 Å². The second-order valence-corrected chi connectivity index (χ2v) is 12.0. The molecule has 244 valence electrons. The smallest absolute Gasteiger partial charge is 0.351 e. The molecule has 0 aliphatic carbocycles. The first-order valence-corrected chi connectivity index (χ1v) is 16.7. The van der Waals surface area contributed by atoms with E-state index in [2.05, 4.69) is 140 Å². The van der Waals surface area contributed by atoms with E-state index in [9.17, 15) is 0 Å². The number of hydrogen-bond acceptors (Lipinski definition) is 2. The maximum absolute atomic E-state index is 4.54. The van der Waals surface area contributed by atoms with Gasteiger partial charge in [-0.2, -0.15) is 0 Å². The third kappa shape index (κ3) is 5.74. The largest absolute Gasteiger partial charge is 2.00 e. The zero-order chi connectivity index (χ0) is 33.3. The van der Waals surface area contributed by atoms with E-state index in [0.29, 0.717) is 0 Å². The molecule has 0 bridgehead atoms. The Kier molecular flexibility index (Phi) is 8.84. The summed E-state index contributed by atoms with van der Waals surface area (Å²) in [5.74, 6) is 0. The summed E-state index contributed by atoms with van der Waals surface area (Å²) in [6, 6.07) is 65.1. The molecule has 0 saturated carbocycles. The second-order valence-electron chi connectivity index (χ2n) is 12.0. The first kappa shape index (κ1) is 32.1. The van der Waals surface area contributed by atoms with Gasteiger partial charge in [-0.1, -0.05) is 97.1 Å². The number of aromatic nitrogens is 4. The summed E-state index contributed by atoms with van der Waals surface area (Å²) in [5.41, 5.74) is 10.9. The fraction of sp³-hybridized carbons (Fsp3) is 0. The van der Waals surface area contributed by atoms with E-state index in [0.717, 1.165) is 33.9 Å². The normalized spacial score (nSPS) is 11.0. The number of pyridine rings is 2. The van der Waals surface area contributed by atoms with Crippen LogP contribution in [0.5, 0.6) is 0 Å². The van der Waals surface area contributed by atoms with Gasteiger partial charge in [0.15, 0.2) is 0 Å². The van der Waals surface area contributed by atoms with Crippen LogP contribution in [0.3, 0.4) is 0 Å². The minimum Gasteiger partial charge on any atom is -0.351 e. The van der Waals surface area contributed by atoms with Gasteiger partial charge in [0.1, 0.15) is 0 Å². The summed E-state index contributed by atoms with van der Waals surface area (Å²) in [7, 11) is 0. The van der Waals surface area contributed by atoms with E-state index in [-0.39, 0.29) is 21.1 Å². The average Bonchev–Trinajstić information content (AvgIpc) is 3.72. The molecule has 5 heteroatoms. The first-order chi connectivity index (χ1) is 24.9. The van der Waals surface area contributed by atoms with Gasteiger partial charge in [-0.25, -0.2) is 0 Å². The zero-order valence-electron chi connectivity index (χ0n) is 27.4. The van der Waals surface area contributed by atoms with E-state index in [1.807, 2.05) is 73.1 Å². The molecule has 0 aliphatic heterocycles. The molecular weight excluding hydrogens is 804 g/mol. The topological polar surface area (TPSA) is 35.6 Å². The molecule has 4 nitrogen and oxygen atoms in total. The van der Waals surface area contributed by atoms with E-state index in [4.69, 9.17) is 0 Å². The van der Waals surface area contributed by atoms with Crippen molar-refractivity contribution in [3.63, 3.8) is 0 Å². The van der Waals surface area contributed by atoms with Gasteiger partial charge in [0.2, 0.25) is 0 Å². The summed E-state index contributed by atoms with van der Waals surface area (Å²) in [6.45, 7) is 0. The minimum atomic E-state index is 0. The molecule has 4 heterocycles. The van der Waals surface area contributed by atoms with Gasteiger partial charge in [0.25, 0.3) is 0 Å². The fourth-order valence-corrected chi connectivity index (χ4v) is 7.02. The van der Waals surface area contributed by atoms with Crippen molar-refractivity contribution in [2.45, 2.75) is 0 Å². The van der Waals surface area contributed by atoms with Gasteiger partial charge in [0.05, 0.1) is 0 Å². The summed E-state index contributed by atoms with van der Waals surface area (Å²) in [6.07, 6.45) is 3.65. The van der Waals surface area contributed by atoms with Crippen molar-refractivity contribution >= 4 is 43.6 Å². The molecule has 0 fully saturated rings. The van der Waals surface area contributed by atoms with E-state index in [1.54, 1.807) is 0 Å².